The minimum atomic E-state index is -0.430. The fourth-order valence-corrected chi connectivity index (χ4v) is 10.2. The quantitative estimate of drug-likeness (QED) is 0.199. The van der Waals surface area contributed by atoms with E-state index < -0.39 is 6.03 Å². The van der Waals surface area contributed by atoms with E-state index >= 15 is 4.39 Å². The average Bonchev–Trinajstić information content (AvgIpc) is 3.75. The molecule has 17 heteroatoms. The summed E-state index contributed by atoms with van der Waals surface area (Å²) in [5.41, 5.74) is 12.6. The number of carbonyl (C=O) groups excluding carboxylic acids is 3. The molecule has 8 heterocycles. The molecule has 2 unspecified atom stereocenters. The van der Waals surface area contributed by atoms with Gasteiger partial charge in [-0.15, -0.1) is 10.2 Å². The maximum atomic E-state index is 15.4. The van der Waals surface area contributed by atoms with Crippen LogP contribution in [-0.4, -0.2) is 129 Å². The first-order valence-corrected chi connectivity index (χ1v) is 21.7. The highest BCUT2D eigenvalue weighted by Crippen LogP contribution is 2.40. The number of aromatic nitrogens is 4. The van der Waals surface area contributed by atoms with E-state index in [0.29, 0.717) is 80.7 Å². The Morgan fingerprint density at radius 2 is 1.61 bits per heavy atom. The molecule has 5 aliphatic rings. The number of pyridine rings is 1. The summed E-state index contributed by atoms with van der Waals surface area (Å²) in [7, 11) is 0. The van der Waals surface area contributed by atoms with Crippen molar-refractivity contribution < 1.29 is 23.9 Å². The van der Waals surface area contributed by atoms with Crippen LogP contribution in [0.4, 0.5) is 36.9 Å². The number of imide groups is 1. The highest BCUT2D eigenvalue weighted by atomic mass is 19.1. The van der Waals surface area contributed by atoms with Gasteiger partial charge in [0.05, 0.1) is 23.3 Å². The number of piperazine rings is 2. The van der Waals surface area contributed by atoms with E-state index in [9.17, 15) is 19.5 Å². The number of amides is 5. The molecule has 3 aromatic heterocycles. The van der Waals surface area contributed by atoms with Crippen LogP contribution in [-0.2, 0) is 11.3 Å². The number of para-hydroxylation sites is 1. The number of fused-ring (bicyclic) bond motifs is 3. The van der Waals surface area contributed by atoms with Crippen LogP contribution < -0.4 is 25.8 Å². The number of halogens is 1. The van der Waals surface area contributed by atoms with E-state index in [-0.39, 0.29) is 48.1 Å². The van der Waals surface area contributed by atoms with Crippen molar-refractivity contribution >= 4 is 51.9 Å². The number of nitrogen functional groups attached to an aromatic ring is 1. The predicted octanol–water partition coefficient (Wildman–Crippen LogP) is 5.11. The summed E-state index contributed by atoms with van der Waals surface area (Å²) in [4.78, 5) is 55.0. The largest absolute Gasteiger partial charge is 0.507 e. The van der Waals surface area contributed by atoms with Gasteiger partial charge in [0, 0.05) is 118 Å². The lowest BCUT2D eigenvalue weighted by atomic mass is 10.0. The zero-order chi connectivity index (χ0) is 42.6. The predicted molar refractivity (Wildman–Crippen MR) is 234 cm³/mol. The standard InChI is InChI=1S/C45H51FN12O4/c1-28-24-57(43-36(28)21-34(23-48-43)56-15-12-41(60)49-44(56)61)30-10-13-53(14-11-30)45(62)54-18-16-52(17-19-54)25-29-20-31(8-9-37(29)46)58-32-6-7-33(58)27-55(26-32)39-22-38(50-51-42(39)47)35-4-2-3-5-40(35)59/h2-5,8-9,20-24,30,32-33,59H,6-7,10-19,25-27H2,1H3,(H2,47,51)(H,49,60,61). The average molecular weight is 843 g/mol. The van der Waals surface area contributed by atoms with Gasteiger partial charge in [0.1, 0.15) is 17.2 Å². The van der Waals surface area contributed by atoms with Crippen LogP contribution in [0.25, 0.3) is 22.3 Å². The molecular formula is C45H51FN12O4. The Hall–Kier alpha value is -6.49. The van der Waals surface area contributed by atoms with Gasteiger partial charge in [-0.2, -0.15) is 0 Å². The van der Waals surface area contributed by atoms with E-state index in [2.05, 4.69) is 41.0 Å². The number of likely N-dealkylation sites (tertiary alicyclic amines) is 1. The van der Waals surface area contributed by atoms with Crippen molar-refractivity contribution in [3.8, 4) is 17.0 Å². The highest BCUT2D eigenvalue weighted by Gasteiger charge is 2.41. The molecule has 5 saturated heterocycles. The van der Waals surface area contributed by atoms with Gasteiger partial charge in [0.25, 0.3) is 0 Å². The molecular weight excluding hydrogens is 792 g/mol. The second kappa shape index (κ2) is 16.1. The minimum Gasteiger partial charge on any atom is -0.507 e. The van der Waals surface area contributed by atoms with Crippen molar-refractivity contribution in [2.75, 3.05) is 79.3 Å². The molecule has 62 heavy (non-hydrogen) atoms. The normalized spacial score (nSPS) is 21.3. The third-order valence-electron chi connectivity index (χ3n) is 13.5. The molecule has 5 aromatic rings. The molecule has 5 amide bonds. The fraction of sp³-hybridized carbons (Fsp3) is 0.422. The third kappa shape index (κ3) is 7.37. The topological polar surface area (TPSA) is 173 Å². The van der Waals surface area contributed by atoms with Crippen LogP contribution in [0.2, 0.25) is 0 Å². The van der Waals surface area contributed by atoms with E-state index in [4.69, 9.17) is 10.7 Å². The maximum absolute atomic E-state index is 15.4. The molecule has 2 atom stereocenters. The maximum Gasteiger partial charge on any atom is 0.328 e. The minimum absolute atomic E-state index is 0.0548. The van der Waals surface area contributed by atoms with Crippen LogP contribution in [0.5, 0.6) is 5.75 Å². The molecule has 2 bridgehead atoms. The summed E-state index contributed by atoms with van der Waals surface area (Å²) in [6, 6.07) is 16.7. The number of hydrogen-bond donors (Lipinski definition) is 3. The van der Waals surface area contributed by atoms with Gasteiger partial charge in [-0.05, 0) is 80.6 Å². The first-order chi connectivity index (χ1) is 30.1. The van der Waals surface area contributed by atoms with Crippen molar-refractivity contribution in [3.63, 3.8) is 0 Å². The number of nitrogens with two attached hydrogens (primary N) is 1. The number of carbonyl (C=O) groups is 3. The Kier molecular flexibility index (Phi) is 10.3. The SMILES string of the molecule is Cc1cn(C2CCN(C(=O)N3CCN(Cc4cc(N5C6CCC5CN(c5cc(-c7ccccc7O)nnc5N)C6)ccc4F)CC3)CC2)c2ncc(N3CCC(=O)NC3=O)cc12. The molecule has 10 rings (SSSR count). The molecule has 0 aliphatic carbocycles. The Balaban J connectivity index is 0.734. The lowest BCUT2D eigenvalue weighted by molar-refractivity contribution is -0.120. The number of rotatable bonds is 7. The molecule has 2 aromatic carbocycles. The smallest absolute Gasteiger partial charge is 0.328 e. The second-order valence-corrected chi connectivity index (χ2v) is 17.3. The van der Waals surface area contributed by atoms with Crippen LogP contribution in [0, 0.1) is 12.7 Å². The van der Waals surface area contributed by atoms with Crippen molar-refractivity contribution in [1.82, 2.24) is 39.8 Å². The number of aromatic hydroxyl groups is 1. The Morgan fingerprint density at radius 3 is 2.35 bits per heavy atom. The number of piperidine rings is 1. The summed E-state index contributed by atoms with van der Waals surface area (Å²) < 4.78 is 17.7. The fourth-order valence-electron chi connectivity index (χ4n) is 10.2. The summed E-state index contributed by atoms with van der Waals surface area (Å²) in [5, 5.41) is 22.3. The lowest BCUT2D eigenvalue weighted by Gasteiger charge is -2.44. The number of urea groups is 2. The van der Waals surface area contributed by atoms with E-state index in [1.54, 1.807) is 29.3 Å². The van der Waals surface area contributed by atoms with Gasteiger partial charge in [-0.3, -0.25) is 19.9 Å². The summed E-state index contributed by atoms with van der Waals surface area (Å²) in [5.74, 6) is 0.00133. The monoisotopic (exact) mass is 842 g/mol. The van der Waals surface area contributed by atoms with E-state index in [0.717, 1.165) is 66.7 Å². The Bertz CT molecular complexity index is 2540. The first kappa shape index (κ1) is 39.6. The molecule has 0 spiro atoms. The zero-order valence-corrected chi connectivity index (χ0v) is 34.8. The number of nitrogens with zero attached hydrogens (tertiary/aromatic N) is 10. The Labute approximate surface area is 358 Å². The second-order valence-electron chi connectivity index (χ2n) is 17.3. The summed E-state index contributed by atoms with van der Waals surface area (Å²) in [6.07, 6.45) is 7.69. The van der Waals surface area contributed by atoms with Gasteiger partial charge >= 0.3 is 12.1 Å². The van der Waals surface area contributed by atoms with Gasteiger partial charge in [0.2, 0.25) is 5.91 Å². The Morgan fingerprint density at radius 1 is 0.871 bits per heavy atom. The van der Waals surface area contributed by atoms with Crippen molar-refractivity contribution in [1.29, 1.82) is 0 Å². The number of phenolic OH excluding ortho intramolecular Hbond substituents is 1. The van der Waals surface area contributed by atoms with Crippen LogP contribution in [0.15, 0.2) is 67.0 Å². The summed E-state index contributed by atoms with van der Waals surface area (Å²) in [6.45, 7) is 8.09. The highest BCUT2D eigenvalue weighted by molar-refractivity contribution is 6.06. The number of benzene rings is 2. The van der Waals surface area contributed by atoms with Crippen LogP contribution in [0.1, 0.15) is 49.3 Å². The lowest BCUT2D eigenvalue weighted by Crippen LogP contribution is -2.54. The molecule has 5 fully saturated rings. The zero-order valence-electron chi connectivity index (χ0n) is 34.8. The molecule has 4 N–H and O–H groups in total. The van der Waals surface area contributed by atoms with Crippen molar-refractivity contribution in [2.45, 2.75) is 63.7 Å². The number of hydrogen-bond acceptors (Lipinski definition) is 11. The number of anilines is 4. The first-order valence-electron chi connectivity index (χ1n) is 21.7. The summed E-state index contributed by atoms with van der Waals surface area (Å²) >= 11 is 0. The number of phenols is 1. The molecule has 0 radical (unpaired) electrons. The third-order valence-corrected chi connectivity index (χ3v) is 13.5. The van der Waals surface area contributed by atoms with Gasteiger partial charge in [-0.1, -0.05) is 12.1 Å². The van der Waals surface area contributed by atoms with Gasteiger partial charge in [0.15, 0.2) is 5.82 Å². The molecule has 0 saturated carbocycles. The van der Waals surface area contributed by atoms with E-state index in [1.807, 2.05) is 53.1 Å². The van der Waals surface area contributed by atoms with Gasteiger partial charge in [-0.25, -0.2) is 19.0 Å². The van der Waals surface area contributed by atoms with Crippen LogP contribution in [0.3, 0.4) is 0 Å². The molecule has 16 nitrogen and oxygen atoms in total. The number of nitrogens with one attached hydrogen (secondary N) is 1. The van der Waals surface area contributed by atoms with Crippen molar-refractivity contribution in [2.24, 2.45) is 0 Å². The molecule has 322 valence electrons. The van der Waals surface area contributed by atoms with E-state index in [1.165, 1.54) is 0 Å². The van der Waals surface area contributed by atoms with Crippen LogP contribution >= 0.6 is 0 Å². The van der Waals surface area contributed by atoms with Crippen molar-refractivity contribution in [3.05, 3.63) is 83.9 Å². The van der Waals surface area contributed by atoms with Gasteiger partial charge < -0.3 is 35.0 Å². The molecule has 5 aliphatic heterocycles. The number of aryl methyl sites for hydroxylation is 1.